The second-order valence-corrected chi connectivity index (χ2v) is 3.77. The molecule has 0 saturated heterocycles. The number of anilines is 1. The maximum Gasteiger partial charge on any atom is 0.254 e. The summed E-state index contributed by atoms with van der Waals surface area (Å²) in [6.07, 6.45) is 5.93. The number of benzene rings is 1. The lowest BCUT2D eigenvalue weighted by Gasteiger charge is -2.12. The van der Waals surface area contributed by atoms with Gasteiger partial charge in [0.05, 0.1) is 11.6 Å². The third-order valence-electron chi connectivity index (χ3n) is 2.17. The zero-order chi connectivity index (χ0) is 12.1. The van der Waals surface area contributed by atoms with Gasteiger partial charge in [0.25, 0.3) is 5.91 Å². The molecule has 1 atom stereocenters. The molecule has 0 aliphatic rings. The molecule has 0 saturated carbocycles. The summed E-state index contributed by atoms with van der Waals surface area (Å²) in [6, 6.07) is 4.45. The SMILES string of the molecule is C#CC(CC)NC(=O)c1ccc(Cl)cc1N. The molecule has 3 N–H and O–H groups in total. The molecular weight excluding hydrogens is 224 g/mol. The lowest BCUT2D eigenvalue weighted by atomic mass is 10.1. The van der Waals surface area contributed by atoms with Crippen LogP contribution in [0.3, 0.4) is 0 Å². The number of rotatable bonds is 3. The van der Waals surface area contributed by atoms with Crippen molar-refractivity contribution < 1.29 is 4.79 Å². The number of nitrogen functional groups attached to an aromatic ring is 1. The Morgan fingerprint density at radius 1 is 1.69 bits per heavy atom. The molecule has 1 rings (SSSR count). The summed E-state index contributed by atoms with van der Waals surface area (Å²) in [5.74, 6) is 2.21. The molecule has 0 radical (unpaired) electrons. The molecule has 4 heteroatoms. The van der Waals surface area contributed by atoms with Crippen LogP contribution in [0.5, 0.6) is 0 Å². The molecule has 0 aliphatic carbocycles. The van der Waals surface area contributed by atoms with Gasteiger partial charge in [0, 0.05) is 10.7 Å². The van der Waals surface area contributed by atoms with E-state index >= 15 is 0 Å². The molecule has 1 unspecified atom stereocenters. The van der Waals surface area contributed by atoms with Crippen molar-refractivity contribution in [3.63, 3.8) is 0 Å². The Morgan fingerprint density at radius 2 is 2.38 bits per heavy atom. The van der Waals surface area contributed by atoms with E-state index in [4.69, 9.17) is 23.8 Å². The minimum atomic E-state index is -0.279. The van der Waals surface area contributed by atoms with Crippen LogP contribution in [0.25, 0.3) is 0 Å². The number of hydrogen-bond acceptors (Lipinski definition) is 2. The Bertz CT molecular complexity index is 437. The second-order valence-electron chi connectivity index (χ2n) is 3.33. The fourth-order valence-electron chi connectivity index (χ4n) is 1.24. The van der Waals surface area contributed by atoms with Gasteiger partial charge in [-0.2, -0.15) is 0 Å². The maximum atomic E-state index is 11.8. The van der Waals surface area contributed by atoms with Crippen molar-refractivity contribution >= 4 is 23.2 Å². The smallest absolute Gasteiger partial charge is 0.254 e. The molecule has 84 valence electrons. The monoisotopic (exact) mass is 236 g/mol. The van der Waals surface area contributed by atoms with E-state index < -0.39 is 0 Å². The van der Waals surface area contributed by atoms with E-state index in [-0.39, 0.29) is 11.9 Å². The van der Waals surface area contributed by atoms with Crippen LogP contribution in [0.2, 0.25) is 5.02 Å². The average Bonchev–Trinajstić information content (AvgIpc) is 2.25. The Morgan fingerprint density at radius 3 is 2.88 bits per heavy atom. The first-order chi connectivity index (χ1) is 7.58. The summed E-state index contributed by atoms with van der Waals surface area (Å²) in [5.41, 5.74) is 6.42. The number of nitrogens with two attached hydrogens (primary N) is 1. The van der Waals surface area contributed by atoms with E-state index in [0.717, 1.165) is 0 Å². The van der Waals surface area contributed by atoms with Gasteiger partial charge in [0.2, 0.25) is 0 Å². The molecule has 0 heterocycles. The van der Waals surface area contributed by atoms with E-state index in [1.807, 2.05) is 6.92 Å². The Balaban J connectivity index is 2.85. The Labute approximate surface area is 100.0 Å². The first-order valence-corrected chi connectivity index (χ1v) is 5.28. The van der Waals surface area contributed by atoms with Crippen molar-refractivity contribution in [1.29, 1.82) is 0 Å². The lowest BCUT2D eigenvalue weighted by Crippen LogP contribution is -2.33. The first kappa shape index (κ1) is 12.4. The summed E-state index contributed by atoms with van der Waals surface area (Å²) in [7, 11) is 0. The third kappa shape index (κ3) is 2.91. The second kappa shape index (κ2) is 5.43. The Kier molecular flexibility index (Phi) is 4.21. The topological polar surface area (TPSA) is 55.1 Å². The largest absolute Gasteiger partial charge is 0.398 e. The van der Waals surface area contributed by atoms with Gasteiger partial charge in [0.1, 0.15) is 0 Å². The normalized spacial score (nSPS) is 11.6. The standard InChI is InChI=1S/C12H13ClN2O/c1-3-9(4-2)15-12(16)10-6-5-8(13)7-11(10)14/h1,5-7,9H,4,14H2,2H3,(H,15,16). The number of carbonyl (C=O) groups excluding carboxylic acids is 1. The minimum Gasteiger partial charge on any atom is -0.398 e. The zero-order valence-electron chi connectivity index (χ0n) is 8.96. The van der Waals surface area contributed by atoms with Gasteiger partial charge in [-0.3, -0.25) is 4.79 Å². The van der Waals surface area contributed by atoms with Gasteiger partial charge in [-0.1, -0.05) is 24.4 Å². The Hall–Kier alpha value is -1.66. The van der Waals surface area contributed by atoms with Crippen LogP contribution in [0.4, 0.5) is 5.69 Å². The van der Waals surface area contributed by atoms with Gasteiger partial charge in [0.15, 0.2) is 0 Å². The highest BCUT2D eigenvalue weighted by atomic mass is 35.5. The van der Waals surface area contributed by atoms with Gasteiger partial charge in [-0.25, -0.2) is 0 Å². The van der Waals surface area contributed by atoms with Crippen LogP contribution in [0, 0.1) is 12.3 Å². The maximum absolute atomic E-state index is 11.8. The quantitative estimate of drug-likeness (QED) is 0.624. The summed E-state index contributed by atoms with van der Waals surface area (Å²) >= 11 is 5.74. The third-order valence-corrected chi connectivity index (χ3v) is 2.41. The van der Waals surface area contributed by atoms with Gasteiger partial charge < -0.3 is 11.1 Å². The molecule has 1 aromatic carbocycles. The summed E-state index contributed by atoms with van der Waals surface area (Å²) < 4.78 is 0. The minimum absolute atomic E-state index is 0.275. The van der Waals surface area contributed by atoms with Crippen LogP contribution in [-0.2, 0) is 0 Å². The summed E-state index contributed by atoms with van der Waals surface area (Å²) in [6.45, 7) is 1.90. The highest BCUT2D eigenvalue weighted by Gasteiger charge is 2.12. The molecule has 3 nitrogen and oxygen atoms in total. The van der Waals surface area contributed by atoms with Crippen LogP contribution < -0.4 is 11.1 Å². The molecule has 0 aliphatic heterocycles. The molecular formula is C12H13ClN2O. The lowest BCUT2D eigenvalue weighted by molar-refractivity contribution is 0.0946. The molecule has 1 amide bonds. The van der Waals surface area contributed by atoms with Crippen LogP contribution >= 0.6 is 11.6 Å². The van der Waals surface area contributed by atoms with E-state index in [9.17, 15) is 4.79 Å². The average molecular weight is 237 g/mol. The fraction of sp³-hybridized carbons (Fsp3) is 0.250. The van der Waals surface area contributed by atoms with Gasteiger partial charge >= 0.3 is 0 Å². The number of terminal acetylenes is 1. The molecule has 0 fully saturated rings. The number of halogens is 1. The molecule has 1 aromatic rings. The molecule has 16 heavy (non-hydrogen) atoms. The predicted molar refractivity (Wildman–Crippen MR) is 66.2 cm³/mol. The molecule has 0 bridgehead atoms. The van der Waals surface area contributed by atoms with Crippen molar-refractivity contribution in [3.8, 4) is 12.3 Å². The van der Waals surface area contributed by atoms with E-state index in [1.165, 1.54) is 6.07 Å². The van der Waals surface area contributed by atoms with Gasteiger partial charge in [-0.05, 0) is 24.6 Å². The van der Waals surface area contributed by atoms with Crippen LogP contribution in [0.15, 0.2) is 18.2 Å². The number of nitrogens with one attached hydrogen (secondary N) is 1. The van der Waals surface area contributed by atoms with E-state index in [0.29, 0.717) is 22.7 Å². The highest BCUT2D eigenvalue weighted by Crippen LogP contribution is 2.17. The van der Waals surface area contributed by atoms with Crippen molar-refractivity contribution in [2.45, 2.75) is 19.4 Å². The van der Waals surface area contributed by atoms with Crippen molar-refractivity contribution in [3.05, 3.63) is 28.8 Å². The fourth-order valence-corrected chi connectivity index (χ4v) is 1.42. The van der Waals surface area contributed by atoms with Crippen molar-refractivity contribution in [1.82, 2.24) is 5.32 Å². The predicted octanol–water partition coefficient (Wildman–Crippen LogP) is 2.06. The summed E-state index contributed by atoms with van der Waals surface area (Å²) in [4.78, 5) is 11.8. The van der Waals surface area contributed by atoms with Crippen LogP contribution in [0.1, 0.15) is 23.7 Å². The highest BCUT2D eigenvalue weighted by molar-refractivity contribution is 6.31. The number of hydrogen-bond donors (Lipinski definition) is 2. The van der Waals surface area contributed by atoms with Crippen molar-refractivity contribution in [2.24, 2.45) is 0 Å². The zero-order valence-corrected chi connectivity index (χ0v) is 9.71. The van der Waals surface area contributed by atoms with Crippen molar-refractivity contribution in [2.75, 3.05) is 5.73 Å². The van der Waals surface area contributed by atoms with E-state index in [2.05, 4.69) is 11.2 Å². The van der Waals surface area contributed by atoms with Gasteiger partial charge in [-0.15, -0.1) is 6.42 Å². The van der Waals surface area contributed by atoms with E-state index in [1.54, 1.807) is 12.1 Å². The first-order valence-electron chi connectivity index (χ1n) is 4.90. The number of carbonyl (C=O) groups is 1. The number of amides is 1. The molecule has 0 aromatic heterocycles. The molecule has 0 spiro atoms. The van der Waals surface area contributed by atoms with Crippen LogP contribution in [-0.4, -0.2) is 11.9 Å². The summed E-state index contributed by atoms with van der Waals surface area (Å²) in [5, 5.41) is 3.19.